The highest BCUT2D eigenvalue weighted by molar-refractivity contribution is 5.33. The second kappa shape index (κ2) is 5.93. The Bertz CT molecular complexity index is 398. The number of likely N-dealkylation sites (tertiary alicyclic amines) is 1. The molecule has 0 saturated carbocycles. The fourth-order valence-electron chi connectivity index (χ4n) is 3.10. The van der Waals surface area contributed by atoms with Crippen molar-refractivity contribution in [1.29, 1.82) is 0 Å². The average Bonchev–Trinajstić information content (AvgIpc) is 3.00. The van der Waals surface area contributed by atoms with E-state index in [2.05, 4.69) is 30.9 Å². The number of benzene rings is 1. The van der Waals surface area contributed by atoms with Gasteiger partial charge in [0, 0.05) is 6.04 Å². The van der Waals surface area contributed by atoms with Gasteiger partial charge in [-0.2, -0.15) is 0 Å². The highest BCUT2D eigenvalue weighted by atomic mass is 16.5. The molecule has 0 aromatic heterocycles. The Hall–Kier alpha value is -1.06. The second-order valence-electron chi connectivity index (χ2n) is 5.54. The molecule has 1 aliphatic heterocycles. The minimum atomic E-state index is -0.281. The summed E-state index contributed by atoms with van der Waals surface area (Å²) in [5, 5.41) is 0. The van der Waals surface area contributed by atoms with Crippen molar-refractivity contribution in [2.24, 2.45) is 5.73 Å². The van der Waals surface area contributed by atoms with Gasteiger partial charge in [-0.05, 0) is 57.0 Å². The standard InChI is InChI=1S/C16H26N2O/c1-4-16(17,13(2)18-11-5-6-12-18)14-7-9-15(19-3)10-8-14/h7-10,13H,4-6,11-12,17H2,1-3H3. The van der Waals surface area contributed by atoms with E-state index in [1.807, 2.05) is 12.1 Å². The summed E-state index contributed by atoms with van der Waals surface area (Å²) in [6, 6.07) is 8.59. The predicted molar refractivity (Wildman–Crippen MR) is 79.4 cm³/mol. The zero-order valence-corrected chi connectivity index (χ0v) is 12.4. The maximum absolute atomic E-state index is 6.75. The van der Waals surface area contributed by atoms with Gasteiger partial charge in [0.25, 0.3) is 0 Å². The first kappa shape index (κ1) is 14.4. The predicted octanol–water partition coefficient (Wildman–Crippen LogP) is 2.74. The van der Waals surface area contributed by atoms with Gasteiger partial charge < -0.3 is 10.5 Å². The SMILES string of the molecule is CCC(N)(c1ccc(OC)cc1)C(C)N1CCCC1. The van der Waals surface area contributed by atoms with Crippen molar-refractivity contribution < 1.29 is 4.74 Å². The summed E-state index contributed by atoms with van der Waals surface area (Å²) in [6.45, 7) is 6.79. The van der Waals surface area contributed by atoms with E-state index in [1.54, 1.807) is 7.11 Å². The molecule has 19 heavy (non-hydrogen) atoms. The van der Waals surface area contributed by atoms with Crippen LogP contribution in [0.1, 0.15) is 38.7 Å². The molecule has 1 fully saturated rings. The number of methoxy groups -OCH3 is 1. The lowest BCUT2D eigenvalue weighted by Crippen LogP contribution is -2.53. The number of hydrogen-bond donors (Lipinski definition) is 1. The van der Waals surface area contributed by atoms with Gasteiger partial charge in [0.1, 0.15) is 5.75 Å². The summed E-state index contributed by atoms with van der Waals surface area (Å²) in [7, 11) is 1.69. The van der Waals surface area contributed by atoms with Gasteiger partial charge in [0.2, 0.25) is 0 Å². The van der Waals surface area contributed by atoms with E-state index >= 15 is 0 Å². The van der Waals surface area contributed by atoms with E-state index in [1.165, 1.54) is 31.5 Å². The van der Waals surface area contributed by atoms with Gasteiger partial charge >= 0.3 is 0 Å². The van der Waals surface area contributed by atoms with Crippen LogP contribution >= 0.6 is 0 Å². The van der Waals surface area contributed by atoms with Crippen molar-refractivity contribution in [2.45, 2.75) is 44.7 Å². The molecule has 2 atom stereocenters. The number of nitrogens with zero attached hydrogens (tertiary/aromatic N) is 1. The van der Waals surface area contributed by atoms with Crippen LogP contribution in [-0.2, 0) is 5.54 Å². The molecule has 2 N–H and O–H groups in total. The lowest BCUT2D eigenvalue weighted by molar-refractivity contribution is 0.156. The third-order valence-corrected chi connectivity index (χ3v) is 4.65. The van der Waals surface area contributed by atoms with Crippen molar-refractivity contribution >= 4 is 0 Å². The minimum Gasteiger partial charge on any atom is -0.497 e. The second-order valence-corrected chi connectivity index (χ2v) is 5.54. The maximum Gasteiger partial charge on any atom is 0.118 e. The van der Waals surface area contributed by atoms with Gasteiger partial charge in [0.15, 0.2) is 0 Å². The zero-order chi connectivity index (χ0) is 13.9. The van der Waals surface area contributed by atoms with Gasteiger partial charge in [0.05, 0.1) is 12.6 Å². The molecule has 3 nitrogen and oxygen atoms in total. The molecule has 0 bridgehead atoms. The Morgan fingerprint density at radius 3 is 2.32 bits per heavy atom. The number of nitrogens with two attached hydrogens (primary N) is 1. The highest BCUT2D eigenvalue weighted by Gasteiger charge is 2.36. The summed E-state index contributed by atoms with van der Waals surface area (Å²) >= 11 is 0. The normalized spacial score (nSPS) is 21.1. The summed E-state index contributed by atoms with van der Waals surface area (Å²) in [5.74, 6) is 0.885. The Morgan fingerprint density at radius 1 is 1.26 bits per heavy atom. The molecule has 1 aliphatic rings. The van der Waals surface area contributed by atoms with E-state index in [-0.39, 0.29) is 5.54 Å². The van der Waals surface area contributed by atoms with Gasteiger partial charge in [-0.3, -0.25) is 4.90 Å². The quantitative estimate of drug-likeness (QED) is 0.886. The molecule has 0 radical (unpaired) electrons. The van der Waals surface area contributed by atoms with Crippen LogP contribution in [0.15, 0.2) is 24.3 Å². The largest absolute Gasteiger partial charge is 0.497 e. The van der Waals surface area contributed by atoms with Crippen LogP contribution < -0.4 is 10.5 Å². The van der Waals surface area contributed by atoms with Crippen LogP contribution in [0, 0.1) is 0 Å². The highest BCUT2D eigenvalue weighted by Crippen LogP contribution is 2.31. The van der Waals surface area contributed by atoms with Crippen molar-refractivity contribution in [2.75, 3.05) is 20.2 Å². The van der Waals surface area contributed by atoms with E-state index in [0.29, 0.717) is 6.04 Å². The number of rotatable bonds is 5. The van der Waals surface area contributed by atoms with Crippen LogP contribution in [0.4, 0.5) is 0 Å². The van der Waals surface area contributed by atoms with Crippen molar-refractivity contribution in [3.8, 4) is 5.75 Å². The third kappa shape index (κ3) is 2.77. The lowest BCUT2D eigenvalue weighted by Gasteiger charge is -2.40. The van der Waals surface area contributed by atoms with Crippen molar-refractivity contribution in [3.05, 3.63) is 29.8 Å². The molecule has 0 spiro atoms. The molecule has 1 aromatic carbocycles. The molecule has 1 aromatic rings. The molecule has 1 saturated heterocycles. The van der Waals surface area contributed by atoms with E-state index in [0.717, 1.165) is 12.2 Å². The van der Waals surface area contributed by atoms with Crippen LogP contribution in [0.3, 0.4) is 0 Å². The fourth-order valence-corrected chi connectivity index (χ4v) is 3.10. The first-order chi connectivity index (χ1) is 9.11. The smallest absolute Gasteiger partial charge is 0.118 e. The van der Waals surface area contributed by atoms with Gasteiger partial charge in [-0.25, -0.2) is 0 Å². The van der Waals surface area contributed by atoms with E-state index in [9.17, 15) is 0 Å². The molecule has 106 valence electrons. The molecule has 0 aliphatic carbocycles. The van der Waals surface area contributed by atoms with Crippen molar-refractivity contribution in [3.63, 3.8) is 0 Å². The summed E-state index contributed by atoms with van der Waals surface area (Å²) < 4.78 is 5.22. The molecule has 2 rings (SSSR count). The fraction of sp³-hybridized carbons (Fsp3) is 0.625. The monoisotopic (exact) mass is 262 g/mol. The molecular formula is C16H26N2O. The summed E-state index contributed by atoms with van der Waals surface area (Å²) in [4.78, 5) is 2.52. The van der Waals surface area contributed by atoms with Crippen LogP contribution in [0.5, 0.6) is 5.75 Å². The molecule has 0 amide bonds. The van der Waals surface area contributed by atoms with Gasteiger partial charge in [-0.1, -0.05) is 19.1 Å². The topological polar surface area (TPSA) is 38.5 Å². The summed E-state index contributed by atoms with van der Waals surface area (Å²) in [5.41, 5.74) is 7.67. The molecule has 2 unspecified atom stereocenters. The lowest BCUT2D eigenvalue weighted by atomic mass is 9.81. The van der Waals surface area contributed by atoms with E-state index < -0.39 is 0 Å². The first-order valence-electron chi connectivity index (χ1n) is 7.29. The average molecular weight is 262 g/mol. The molecule has 3 heteroatoms. The maximum atomic E-state index is 6.75. The number of hydrogen-bond acceptors (Lipinski definition) is 3. The van der Waals surface area contributed by atoms with Crippen LogP contribution in [0.25, 0.3) is 0 Å². The Kier molecular flexibility index (Phi) is 4.48. The minimum absolute atomic E-state index is 0.281. The third-order valence-electron chi connectivity index (χ3n) is 4.65. The molecular weight excluding hydrogens is 236 g/mol. The van der Waals surface area contributed by atoms with Crippen molar-refractivity contribution in [1.82, 2.24) is 4.90 Å². The molecule has 1 heterocycles. The van der Waals surface area contributed by atoms with Crippen LogP contribution in [0.2, 0.25) is 0 Å². The zero-order valence-electron chi connectivity index (χ0n) is 12.4. The Labute approximate surface area is 116 Å². The Morgan fingerprint density at radius 2 is 1.84 bits per heavy atom. The number of ether oxygens (including phenoxy) is 1. The summed E-state index contributed by atoms with van der Waals surface area (Å²) in [6.07, 6.45) is 3.54. The van der Waals surface area contributed by atoms with Gasteiger partial charge in [-0.15, -0.1) is 0 Å². The first-order valence-corrected chi connectivity index (χ1v) is 7.29. The van der Waals surface area contributed by atoms with Crippen LogP contribution in [-0.4, -0.2) is 31.1 Å². The Balaban J connectivity index is 2.23. The van der Waals surface area contributed by atoms with E-state index in [4.69, 9.17) is 10.5 Å².